The second-order valence-electron chi connectivity index (χ2n) is 7.26. The normalized spacial score (nSPS) is 15.6. The number of halogens is 3. The second-order valence-corrected chi connectivity index (χ2v) is 7.26. The summed E-state index contributed by atoms with van der Waals surface area (Å²) in [6.45, 7) is 5.42. The molecule has 1 atom stereocenters. The number of nitrogens with zero attached hydrogens (tertiary/aromatic N) is 1. The third-order valence-electron chi connectivity index (χ3n) is 4.95. The van der Waals surface area contributed by atoms with Gasteiger partial charge >= 0.3 is 6.36 Å². The fourth-order valence-corrected chi connectivity index (χ4v) is 3.37. The number of rotatable bonds is 8. The van der Waals surface area contributed by atoms with Crippen molar-refractivity contribution in [1.29, 1.82) is 0 Å². The topological polar surface area (TPSA) is 50.8 Å². The minimum atomic E-state index is -4.77. The molecule has 1 unspecified atom stereocenters. The van der Waals surface area contributed by atoms with E-state index in [4.69, 9.17) is 4.74 Å². The molecule has 0 spiro atoms. The summed E-state index contributed by atoms with van der Waals surface area (Å²) in [5, 5.41) is 2.96. The van der Waals surface area contributed by atoms with Crippen LogP contribution in [0.4, 0.5) is 13.2 Å². The zero-order valence-corrected chi connectivity index (χ0v) is 16.7. The lowest BCUT2D eigenvalue weighted by molar-refractivity contribution is -0.274. The molecule has 1 fully saturated rings. The summed E-state index contributed by atoms with van der Waals surface area (Å²) in [4.78, 5) is 14.8. The van der Waals surface area contributed by atoms with Crippen molar-refractivity contribution < 1.29 is 27.4 Å². The molecule has 0 aliphatic carbocycles. The van der Waals surface area contributed by atoms with Crippen LogP contribution >= 0.6 is 0 Å². The van der Waals surface area contributed by atoms with Gasteiger partial charge < -0.3 is 19.7 Å². The number of hydrogen-bond donors (Lipinski definition) is 1. The van der Waals surface area contributed by atoms with Gasteiger partial charge in [0.05, 0.1) is 5.92 Å². The molecule has 3 rings (SSSR count). The van der Waals surface area contributed by atoms with Gasteiger partial charge in [0.2, 0.25) is 5.91 Å². The van der Waals surface area contributed by atoms with Crippen molar-refractivity contribution in [1.82, 2.24) is 10.2 Å². The third-order valence-corrected chi connectivity index (χ3v) is 4.95. The lowest BCUT2D eigenvalue weighted by Gasteiger charge is -2.17. The van der Waals surface area contributed by atoms with Gasteiger partial charge in [-0.15, -0.1) is 13.2 Å². The van der Waals surface area contributed by atoms with E-state index in [0.29, 0.717) is 12.3 Å². The van der Waals surface area contributed by atoms with Crippen LogP contribution in [0.25, 0.3) is 0 Å². The van der Waals surface area contributed by atoms with Crippen molar-refractivity contribution in [3.05, 3.63) is 54.1 Å². The number of amides is 1. The van der Waals surface area contributed by atoms with Gasteiger partial charge in [-0.1, -0.05) is 18.2 Å². The SMILES string of the molecule is CC(C(=O)NCCN1CCCC1)c1cccc(Oc2cccc(OC(F)(F)F)c2)c1. The molecule has 30 heavy (non-hydrogen) atoms. The van der Waals surface area contributed by atoms with Crippen LogP contribution in [0.5, 0.6) is 17.2 Å². The maximum absolute atomic E-state index is 12.5. The molecule has 2 aromatic rings. The zero-order chi connectivity index (χ0) is 21.6. The lowest BCUT2D eigenvalue weighted by Crippen LogP contribution is -2.35. The fourth-order valence-electron chi connectivity index (χ4n) is 3.37. The number of nitrogens with one attached hydrogen (secondary N) is 1. The number of likely N-dealkylation sites (tertiary alicyclic amines) is 1. The van der Waals surface area contributed by atoms with Gasteiger partial charge in [-0.3, -0.25) is 4.79 Å². The van der Waals surface area contributed by atoms with Crippen LogP contribution in [0.1, 0.15) is 31.2 Å². The number of alkyl halides is 3. The molecular weight excluding hydrogens is 397 g/mol. The Balaban J connectivity index is 1.58. The van der Waals surface area contributed by atoms with Gasteiger partial charge in [-0.05, 0) is 62.7 Å². The van der Waals surface area contributed by atoms with E-state index in [1.54, 1.807) is 18.2 Å². The predicted octanol–water partition coefficient (Wildman–Crippen LogP) is 4.69. The van der Waals surface area contributed by atoms with Crippen LogP contribution < -0.4 is 14.8 Å². The first-order chi connectivity index (χ1) is 14.3. The Kier molecular flexibility index (Phi) is 7.20. The van der Waals surface area contributed by atoms with E-state index in [1.807, 2.05) is 13.0 Å². The van der Waals surface area contributed by atoms with Gasteiger partial charge in [0, 0.05) is 19.2 Å². The average Bonchev–Trinajstić information content (AvgIpc) is 3.20. The van der Waals surface area contributed by atoms with Crippen LogP contribution in [0.15, 0.2) is 48.5 Å². The van der Waals surface area contributed by atoms with Crippen molar-refractivity contribution in [2.45, 2.75) is 32.0 Å². The minimum Gasteiger partial charge on any atom is -0.457 e. The van der Waals surface area contributed by atoms with Gasteiger partial charge in [-0.2, -0.15) is 0 Å². The summed E-state index contributed by atoms with van der Waals surface area (Å²) >= 11 is 0. The van der Waals surface area contributed by atoms with Crippen molar-refractivity contribution in [3.63, 3.8) is 0 Å². The lowest BCUT2D eigenvalue weighted by atomic mass is 10.00. The van der Waals surface area contributed by atoms with Crippen molar-refractivity contribution in [3.8, 4) is 17.2 Å². The molecule has 2 aromatic carbocycles. The number of benzene rings is 2. The maximum Gasteiger partial charge on any atom is 0.573 e. The first-order valence-corrected chi connectivity index (χ1v) is 9.94. The summed E-state index contributed by atoms with van der Waals surface area (Å²) in [6.07, 6.45) is -2.35. The molecular formula is C22H25F3N2O3. The van der Waals surface area contributed by atoms with E-state index in [9.17, 15) is 18.0 Å². The van der Waals surface area contributed by atoms with Gasteiger partial charge in [0.15, 0.2) is 0 Å². The van der Waals surface area contributed by atoms with Crippen LogP contribution in [-0.4, -0.2) is 43.3 Å². The first kappa shape index (κ1) is 22.0. The molecule has 1 aliphatic heterocycles. The van der Waals surface area contributed by atoms with Crippen molar-refractivity contribution >= 4 is 5.91 Å². The molecule has 1 aliphatic rings. The minimum absolute atomic E-state index is 0.0769. The Morgan fingerprint density at radius 3 is 2.40 bits per heavy atom. The zero-order valence-electron chi connectivity index (χ0n) is 16.7. The van der Waals surface area contributed by atoms with Crippen LogP contribution in [0.2, 0.25) is 0 Å². The number of carbonyl (C=O) groups is 1. The quantitative estimate of drug-likeness (QED) is 0.671. The highest BCUT2D eigenvalue weighted by atomic mass is 19.4. The molecule has 1 heterocycles. The molecule has 162 valence electrons. The first-order valence-electron chi connectivity index (χ1n) is 9.94. The molecule has 0 saturated carbocycles. The van der Waals surface area contributed by atoms with Crippen LogP contribution in [-0.2, 0) is 4.79 Å². The highest BCUT2D eigenvalue weighted by Crippen LogP contribution is 2.30. The highest BCUT2D eigenvalue weighted by Gasteiger charge is 2.31. The molecule has 0 bridgehead atoms. The van der Waals surface area contributed by atoms with Crippen LogP contribution in [0, 0.1) is 0 Å². The monoisotopic (exact) mass is 422 g/mol. The molecule has 1 saturated heterocycles. The molecule has 0 radical (unpaired) electrons. The van der Waals surface area contributed by atoms with E-state index in [0.717, 1.165) is 31.3 Å². The molecule has 1 amide bonds. The fraction of sp³-hybridized carbons (Fsp3) is 0.409. The Labute approximate surface area is 173 Å². The van der Waals surface area contributed by atoms with Crippen molar-refractivity contribution in [2.24, 2.45) is 0 Å². The number of ether oxygens (including phenoxy) is 2. The average molecular weight is 422 g/mol. The number of carbonyl (C=O) groups excluding carboxylic acids is 1. The summed E-state index contributed by atoms with van der Waals surface area (Å²) < 4.78 is 46.7. The summed E-state index contributed by atoms with van der Waals surface area (Å²) in [7, 11) is 0. The third kappa shape index (κ3) is 6.66. The summed E-state index contributed by atoms with van der Waals surface area (Å²) in [6, 6.07) is 12.3. The van der Waals surface area contributed by atoms with Gasteiger partial charge in [-0.25, -0.2) is 0 Å². The summed E-state index contributed by atoms with van der Waals surface area (Å²) in [5.41, 5.74) is 0.758. The van der Waals surface area contributed by atoms with E-state index >= 15 is 0 Å². The van der Waals surface area contributed by atoms with E-state index < -0.39 is 6.36 Å². The predicted molar refractivity (Wildman–Crippen MR) is 107 cm³/mol. The van der Waals surface area contributed by atoms with Crippen molar-refractivity contribution in [2.75, 3.05) is 26.2 Å². The van der Waals surface area contributed by atoms with Crippen LogP contribution in [0.3, 0.4) is 0 Å². The summed E-state index contributed by atoms with van der Waals surface area (Å²) in [5.74, 6) is -0.189. The van der Waals surface area contributed by atoms with E-state index in [1.165, 1.54) is 31.0 Å². The molecule has 0 aromatic heterocycles. The van der Waals surface area contributed by atoms with Gasteiger partial charge in [0.1, 0.15) is 17.2 Å². The molecule has 8 heteroatoms. The standard InChI is InChI=1S/C22H25F3N2O3/c1-16(21(28)26-10-13-27-11-2-3-12-27)17-6-4-7-18(14-17)29-19-8-5-9-20(15-19)30-22(23,24)25/h4-9,14-16H,2-3,10-13H2,1H3,(H,26,28). The maximum atomic E-state index is 12.5. The van der Waals surface area contributed by atoms with Gasteiger partial charge in [0.25, 0.3) is 0 Å². The Hall–Kier alpha value is -2.74. The Morgan fingerprint density at radius 1 is 1.07 bits per heavy atom. The largest absolute Gasteiger partial charge is 0.573 e. The molecule has 1 N–H and O–H groups in total. The Bertz CT molecular complexity index is 852. The highest BCUT2D eigenvalue weighted by molar-refractivity contribution is 5.83. The smallest absolute Gasteiger partial charge is 0.457 e. The molecule has 5 nitrogen and oxygen atoms in total. The number of hydrogen-bond acceptors (Lipinski definition) is 4. The Morgan fingerprint density at radius 2 is 1.70 bits per heavy atom. The van der Waals surface area contributed by atoms with E-state index in [-0.39, 0.29) is 23.3 Å². The van der Waals surface area contributed by atoms with E-state index in [2.05, 4.69) is 15.0 Å². The second kappa shape index (κ2) is 9.84.